The lowest BCUT2D eigenvalue weighted by Gasteiger charge is -1.98. The molecule has 68 valence electrons. The van der Waals surface area contributed by atoms with Crippen molar-refractivity contribution in [2.24, 2.45) is 5.10 Å². The maximum atomic E-state index is 11.3. The van der Waals surface area contributed by atoms with E-state index in [1.807, 2.05) is 12.1 Å². The molecule has 1 N–H and O–H groups in total. The van der Waals surface area contributed by atoms with Gasteiger partial charge in [-0.15, -0.1) is 0 Å². The molecule has 0 radical (unpaired) electrons. The Kier molecular flexibility index (Phi) is 3.64. The van der Waals surface area contributed by atoms with Crippen LogP contribution in [0.2, 0.25) is 0 Å². The molecule has 0 spiro atoms. The Bertz CT molecular complexity index is 319. The average Bonchev–Trinajstić information content (AvgIpc) is 2.15. The van der Waals surface area contributed by atoms with Gasteiger partial charge in [-0.2, -0.15) is 5.10 Å². The van der Waals surface area contributed by atoms with Crippen molar-refractivity contribution in [3.05, 3.63) is 34.3 Å². The number of halogens is 1. The summed E-state index contributed by atoms with van der Waals surface area (Å²) in [5.41, 5.74) is 2.97. The van der Waals surface area contributed by atoms with Gasteiger partial charge in [-0.05, 0) is 31.2 Å². The molecule has 0 aliphatic rings. The molecular formula is C9H9BrN2O. The summed E-state index contributed by atoms with van der Waals surface area (Å²) in [5, 5.41) is 3.63. The van der Waals surface area contributed by atoms with Gasteiger partial charge >= 0.3 is 0 Å². The van der Waals surface area contributed by atoms with E-state index in [9.17, 15) is 4.79 Å². The Morgan fingerprint density at radius 2 is 2.08 bits per heavy atom. The maximum Gasteiger partial charge on any atom is 0.271 e. The van der Waals surface area contributed by atoms with Crippen LogP contribution in [0.15, 0.2) is 33.8 Å². The molecule has 0 fully saturated rings. The molecule has 13 heavy (non-hydrogen) atoms. The lowest BCUT2D eigenvalue weighted by atomic mass is 10.2. The predicted octanol–water partition coefficient (Wildman–Crippen LogP) is 2.18. The van der Waals surface area contributed by atoms with Gasteiger partial charge in [0, 0.05) is 16.3 Å². The molecule has 0 heterocycles. The van der Waals surface area contributed by atoms with Crippen molar-refractivity contribution in [1.29, 1.82) is 0 Å². The predicted molar refractivity (Wildman–Crippen MR) is 55.8 cm³/mol. The van der Waals surface area contributed by atoms with Gasteiger partial charge in [0.05, 0.1) is 0 Å². The first-order valence-corrected chi connectivity index (χ1v) is 4.57. The fourth-order valence-electron chi connectivity index (χ4n) is 0.789. The Morgan fingerprint density at radius 1 is 1.46 bits per heavy atom. The van der Waals surface area contributed by atoms with E-state index in [1.165, 1.54) is 6.21 Å². The summed E-state index contributed by atoms with van der Waals surface area (Å²) in [6, 6.07) is 7.07. The van der Waals surface area contributed by atoms with E-state index < -0.39 is 0 Å². The number of benzene rings is 1. The summed E-state index contributed by atoms with van der Waals surface area (Å²) >= 11 is 3.29. The van der Waals surface area contributed by atoms with E-state index in [0.717, 1.165) is 4.47 Å². The number of nitrogens with one attached hydrogen (secondary N) is 1. The first kappa shape index (κ1) is 9.92. The van der Waals surface area contributed by atoms with Crippen molar-refractivity contribution < 1.29 is 4.79 Å². The van der Waals surface area contributed by atoms with Crippen molar-refractivity contribution >= 4 is 28.1 Å². The molecule has 0 unspecified atom stereocenters. The lowest BCUT2D eigenvalue weighted by Crippen LogP contribution is -2.16. The molecule has 0 aromatic heterocycles. The van der Waals surface area contributed by atoms with Crippen molar-refractivity contribution in [2.45, 2.75) is 6.92 Å². The summed E-state index contributed by atoms with van der Waals surface area (Å²) in [6.07, 6.45) is 1.52. The summed E-state index contributed by atoms with van der Waals surface area (Å²) in [4.78, 5) is 11.3. The van der Waals surface area contributed by atoms with Gasteiger partial charge in [-0.25, -0.2) is 5.43 Å². The Balaban J connectivity index is 2.72. The number of hydrogen-bond donors (Lipinski definition) is 1. The molecule has 0 aliphatic heterocycles. The molecular weight excluding hydrogens is 232 g/mol. The second kappa shape index (κ2) is 4.77. The molecule has 0 aliphatic carbocycles. The number of rotatable bonds is 2. The molecule has 0 saturated carbocycles. The third-order valence-electron chi connectivity index (χ3n) is 1.40. The minimum absolute atomic E-state index is 0.203. The largest absolute Gasteiger partial charge is 0.271 e. The van der Waals surface area contributed by atoms with E-state index in [2.05, 4.69) is 26.5 Å². The van der Waals surface area contributed by atoms with Gasteiger partial charge in [-0.1, -0.05) is 15.9 Å². The fraction of sp³-hybridized carbons (Fsp3) is 0.111. The van der Waals surface area contributed by atoms with E-state index in [-0.39, 0.29) is 5.91 Å². The number of carbonyl (C=O) groups excluding carboxylic acids is 1. The fourth-order valence-corrected chi connectivity index (χ4v) is 1.05. The zero-order chi connectivity index (χ0) is 9.68. The Morgan fingerprint density at radius 3 is 2.62 bits per heavy atom. The molecule has 1 amide bonds. The number of carbonyl (C=O) groups is 1. The van der Waals surface area contributed by atoms with E-state index in [0.29, 0.717) is 5.56 Å². The summed E-state index contributed by atoms with van der Waals surface area (Å²) in [5.74, 6) is -0.203. The maximum absolute atomic E-state index is 11.3. The first-order chi connectivity index (χ1) is 6.24. The van der Waals surface area contributed by atoms with Crippen molar-refractivity contribution in [3.8, 4) is 0 Å². The first-order valence-electron chi connectivity index (χ1n) is 3.77. The summed E-state index contributed by atoms with van der Waals surface area (Å²) in [6.45, 7) is 1.74. The molecule has 4 heteroatoms. The molecule has 0 bridgehead atoms. The highest BCUT2D eigenvalue weighted by atomic mass is 79.9. The number of hydrogen-bond acceptors (Lipinski definition) is 2. The van der Waals surface area contributed by atoms with Gasteiger partial charge in [0.1, 0.15) is 0 Å². The van der Waals surface area contributed by atoms with Crippen LogP contribution in [-0.2, 0) is 0 Å². The average molecular weight is 241 g/mol. The molecule has 3 nitrogen and oxygen atoms in total. The monoisotopic (exact) mass is 240 g/mol. The van der Waals surface area contributed by atoms with Gasteiger partial charge in [0.2, 0.25) is 0 Å². The van der Waals surface area contributed by atoms with Crippen molar-refractivity contribution in [3.63, 3.8) is 0 Å². The SMILES string of the molecule is C/C=N/NC(=O)c1ccc(Br)cc1. The molecule has 0 saturated heterocycles. The Hall–Kier alpha value is -1.16. The second-order valence-corrected chi connectivity index (χ2v) is 3.25. The lowest BCUT2D eigenvalue weighted by molar-refractivity contribution is 0.0955. The van der Waals surface area contributed by atoms with Crippen LogP contribution >= 0.6 is 15.9 Å². The highest BCUT2D eigenvalue weighted by Gasteiger charge is 2.01. The number of hydrazone groups is 1. The quantitative estimate of drug-likeness (QED) is 0.625. The van der Waals surface area contributed by atoms with E-state index >= 15 is 0 Å². The van der Waals surface area contributed by atoms with Gasteiger partial charge in [-0.3, -0.25) is 4.79 Å². The van der Waals surface area contributed by atoms with Crippen LogP contribution in [0.25, 0.3) is 0 Å². The van der Waals surface area contributed by atoms with Crippen LogP contribution in [0.1, 0.15) is 17.3 Å². The van der Waals surface area contributed by atoms with Crippen LogP contribution in [0.4, 0.5) is 0 Å². The standard InChI is InChI=1S/C9H9BrN2O/c1-2-11-12-9(13)7-3-5-8(10)6-4-7/h2-6H,1H3,(H,12,13)/b11-2+. The third kappa shape index (κ3) is 2.99. The summed E-state index contributed by atoms with van der Waals surface area (Å²) < 4.78 is 0.947. The minimum Gasteiger partial charge on any atom is -0.267 e. The molecule has 1 aromatic carbocycles. The van der Waals surface area contributed by atoms with E-state index in [4.69, 9.17) is 0 Å². The molecule has 1 rings (SSSR count). The normalized spacial score (nSPS) is 10.3. The van der Waals surface area contributed by atoms with Gasteiger partial charge < -0.3 is 0 Å². The topological polar surface area (TPSA) is 41.5 Å². The van der Waals surface area contributed by atoms with Crippen LogP contribution in [-0.4, -0.2) is 12.1 Å². The highest BCUT2D eigenvalue weighted by molar-refractivity contribution is 9.10. The smallest absolute Gasteiger partial charge is 0.267 e. The van der Waals surface area contributed by atoms with Crippen LogP contribution in [0.3, 0.4) is 0 Å². The number of amides is 1. The molecule has 0 atom stereocenters. The third-order valence-corrected chi connectivity index (χ3v) is 1.93. The van der Waals surface area contributed by atoms with Gasteiger partial charge in [0.25, 0.3) is 5.91 Å². The zero-order valence-electron chi connectivity index (χ0n) is 7.12. The number of nitrogens with zero attached hydrogens (tertiary/aromatic N) is 1. The summed E-state index contributed by atoms with van der Waals surface area (Å²) in [7, 11) is 0. The Labute approximate surface area is 85.0 Å². The van der Waals surface area contributed by atoms with E-state index in [1.54, 1.807) is 19.1 Å². The second-order valence-electron chi connectivity index (χ2n) is 2.34. The molecule has 1 aromatic rings. The van der Waals surface area contributed by atoms with Crippen LogP contribution in [0.5, 0.6) is 0 Å². The van der Waals surface area contributed by atoms with Crippen molar-refractivity contribution in [1.82, 2.24) is 5.43 Å². The zero-order valence-corrected chi connectivity index (χ0v) is 8.71. The van der Waals surface area contributed by atoms with Gasteiger partial charge in [0.15, 0.2) is 0 Å². The van der Waals surface area contributed by atoms with Crippen LogP contribution < -0.4 is 5.43 Å². The minimum atomic E-state index is -0.203. The highest BCUT2D eigenvalue weighted by Crippen LogP contribution is 2.10. The van der Waals surface area contributed by atoms with Crippen LogP contribution in [0, 0.1) is 0 Å². The van der Waals surface area contributed by atoms with Crippen molar-refractivity contribution in [2.75, 3.05) is 0 Å².